The molecule has 0 aromatic rings. The molecule has 2 nitrogen and oxygen atoms in total. The van der Waals surface area contributed by atoms with Gasteiger partial charge in [-0.3, -0.25) is 0 Å². The molecule has 1 atom stereocenters. The highest BCUT2D eigenvalue weighted by atomic mass is 15.2. The van der Waals surface area contributed by atoms with Crippen LogP contribution < -0.4 is 5.32 Å². The average Bonchev–Trinajstić information content (AvgIpc) is 2.73. The van der Waals surface area contributed by atoms with Gasteiger partial charge >= 0.3 is 0 Å². The van der Waals surface area contributed by atoms with Crippen molar-refractivity contribution in [2.75, 3.05) is 26.2 Å². The first-order valence-electron chi connectivity index (χ1n) is 7.48. The Hall–Kier alpha value is -0.0800. The highest BCUT2D eigenvalue weighted by molar-refractivity contribution is 4.88. The Morgan fingerprint density at radius 2 is 1.82 bits per heavy atom. The third-order valence-electron chi connectivity index (χ3n) is 4.91. The van der Waals surface area contributed by atoms with Gasteiger partial charge in [-0.05, 0) is 44.1 Å². The Balaban J connectivity index is 2.22. The van der Waals surface area contributed by atoms with Crippen molar-refractivity contribution in [1.29, 1.82) is 0 Å². The summed E-state index contributed by atoms with van der Waals surface area (Å²) in [5.74, 6) is 0.735. The van der Waals surface area contributed by atoms with Gasteiger partial charge in [-0.25, -0.2) is 0 Å². The van der Waals surface area contributed by atoms with E-state index in [0.29, 0.717) is 11.5 Å². The number of hydrogen-bond acceptors (Lipinski definition) is 2. The van der Waals surface area contributed by atoms with Crippen LogP contribution in [0.15, 0.2) is 0 Å². The van der Waals surface area contributed by atoms with Crippen molar-refractivity contribution in [2.45, 2.75) is 59.9 Å². The van der Waals surface area contributed by atoms with Gasteiger partial charge in [-0.15, -0.1) is 0 Å². The first-order chi connectivity index (χ1) is 8.03. The van der Waals surface area contributed by atoms with Crippen molar-refractivity contribution in [3.63, 3.8) is 0 Å². The number of nitrogens with one attached hydrogen (secondary N) is 1. The van der Waals surface area contributed by atoms with Crippen molar-refractivity contribution < 1.29 is 0 Å². The molecule has 1 unspecified atom stereocenters. The molecule has 1 N–H and O–H groups in total. The highest BCUT2D eigenvalue weighted by Crippen LogP contribution is 2.36. The van der Waals surface area contributed by atoms with Crippen LogP contribution in [0, 0.1) is 11.3 Å². The molecule has 0 radical (unpaired) electrons. The van der Waals surface area contributed by atoms with E-state index in [1.165, 1.54) is 38.9 Å². The van der Waals surface area contributed by atoms with Crippen molar-refractivity contribution in [2.24, 2.45) is 11.3 Å². The fraction of sp³-hybridized carbons (Fsp3) is 1.00. The molecular formula is C15H32N2. The largest absolute Gasteiger partial charge is 0.313 e. The van der Waals surface area contributed by atoms with Gasteiger partial charge in [0, 0.05) is 25.7 Å². The summed E-state index contributed by atoms with van der Waals surface area (Å²) >= 11 is 0. The normalized spacial score (nSPS) is 22.2. The SMILES string of the molecule is CCC1(CC)CCN(CCNC(C)C(C)C)C1. The minimum atomic E-state index is 0.629. The van der Waals surface area contributed by atoms with Crippen molar-refractivity contribution in [3.8, 4) is 0 Å². The van der Waals surface area contributed by atoms with E-state index < -0.39 is 0 Å². The minimum Gasteiger partial charge on any atom is -0.313 e. The van der Waals surface area contributed by atoms with Crippen LogP contribution in [0.4, 0.5) is 0 Å². The minimum absolute atomic E-state index is 0.629. The molecule has 0 bridgehead atoms. The molecule has 1 rings (SSSR count). The second-order valence-electron chi connectivity index (χ2n) is 6.22. The summed E-state index contributed by atoms with van der Waals surface area (Å²) in [6.07, 6.45) is 4.09. The lowest BCUT2D eigenvalue weighted by Gasteiger charge is -2.27. The second-order valence-corrected chi connectivity index (χ2v) is 6.22. The fourth-order valence-corrected chi connectivity index (χ4v) is 2.73. The van der Waals surface area contributed by atoms with Crippen LogP contribution in [0.5, 0.6) is 0 Å². The molecule has 17 heavy (non-hydrogen) atoms. The van der Waals surface area contributed by atoms with Gasteiger partial charge in [0.25, 0.3) is 0 Å². The zero-order chi connectivity index (χ0) is 12.9. The molecule has 1 aliphatic heterocycles. The first kappa shape index (κ1) is 15.0. The van der Waals surface area contributed by atoms with Gasteiger partial charge in [-0.2, -0.15) is 0 Å². The Bertz CT molecular complexity index is 209. The molecule has 1 heterocycles. The van der Waals surface area contributed by atoms with E-state index in [0.717, 1.165) is 12.5 Å². The second kappa shape index (κ2) is 6.75. The smallest absolute Gasteiger partial charge is 0.0107 e. The summed E-state index contributed by atoms with van der Waals surface area (Å²) < 4.78 is 0. The third kappa shape index (κ3) is 4.26. The third-order valence-corrected chi connectivity index (χ3v) is 4.91. The van der Waals surface area contributed by atoms with Crippen molar-refractivity contribution in [1.82, 2.24) is 10.2 Å². The van der Waals surface area contributed by atoms with Crippen LogP contribution in [0.2, 0.25) is 0 Å². The zero-order valence-electron chi connectivity index (χ0n) is 12.6. The monoisotopic (exact) mass is 240 g/mol. The molecule has 1 fully saturated rings. The highest BCUT2D eigenvalue weighted by Gasteiger charge is 2.34. The van der Waals surface area contributed by atoms with Crippen molar-refractivity contribution in [3.05, 3.63) is 0 Å². The van der Waals surface area contributed by atoms with E-state index >= 15 is 0 Å². The first-order valence-corrected chi connectivity index (χ1v) is 7.48. The predicted molar refractivity (Wildman–Crippen MR) is 76.4 cm³/mol. The topological polar surface area (TPSA) is 15.3 Å². The van der Waals surface area contributed by atoms with Crippen LogP contribution in [-0.2, 0) is 0 Å². The quantitative estimate of drug-likeness (QED) is 0.735. The van der Waals surface area contributed by atoms with Gasteiger partial charge in [-0.1, -0.05) is 27.7 Å². The average molecular weight is 240 g/mol. The standard InChI is InChI=1S/C15H32N2/c1-6-15(7-2)8-10-17(12-15)11-9-16-14(5)13(3)4/h13-14,16H,6-12H2,1-5H3. The molecular weight excluding hydrogens is 208 g/mol. The number of hydrogen-bond donors (Lipinski definition) is 1. The Kier molecular flexibility index (Phi) is 5.94. The lowest BCUT2D eigenvalue weighted by molar-refractivity contribution is 0.237. The molecule has 1 aliphatic rings. The molecule has 1 saturated heterocycles. The van der Waals surface area contributed by atoms with E-state index in [4.69, 9.17) is 0 Å². The maximum Gasteiger partial charge on any atom is 0.0107 e. The zero-order valence-corrected chi connectivity index (χ0v) is 12.6. The summed E-state index contributed by atoms with van der Waals surface area (Å²) in [6.45, 7) is 16.5. The van der Waals surface area contributed by atoms with Crippen LogP contribution >= 0.6 is 0 Å². The van der Waals surface area contributed by atoms with E-state index in [9.17, 15) is 0 Å². The molecule has 0 spiro atoms. The van der Waals surface area contributed by atoms with Crippen LogP contribution in [0.25, 0.3) is 0 Å². The van der Waals surface area contributed by atoms with Gasteiger partial charge in [0.05, 0.1) is 0 Å². The lowest BCUT2D eigenvalue weighted by atomic mass is 9.82. The van der Waals surface area contributed by atoms with Gasteiger partial charge in [0.2, 0.25) is 0 Å². The summed E-state index contributed by atoms with van der Waals surface area (Å²) in [5, 5.41) is 3.63. The van der Waals surface area contributed by atoms with E-state index in [2.05, 4.69) is 44.8 Å². The molecule has 0 aromatic heterocycles. The summed E-state index contributed by atoms with van der Waals surface area (Å²) in [5.41, 5.74) is 0.629. The lowest BCUT2D eigenvalue weighted by Crippen LogP contribution is -2.38. The van der Waals surface area contributed by atoms with E-state index in [1.807, 2.05) is 0 Å². The fourth-order valence-electron chi connectivity index (χ4n) is 2.73. The Labute approximate surface area is 108 Å². The maximum atomic E-state index is 3.63. The van der Waals surface area contributed by atoms with Gasteiger partial charge in [0.15, 0.2) is 0 Å². The van der Waals surface area contributed by atoms with E-state index in [-0.39, 0.29) is 0 Å². The summed E-state index contributed by atoms with van der Waals surface area (Å²) in [4.78, 5) is 2.65. The number of nitrogens with zero attached hydrogens (tertiary/aromatic N) is 1. The molecule has 0 amide bonds. The summed E-state index contributed by atoms with van der Waals surface area (Å²) in [6, 6.07) is 0.639. The van der Waals surface area contributed by atoms with Gasteiger partial charge in [0.1, 0.15) is 0 Å². The number of likely N-dealkylation sites (tertiary alicyclic amines) is 1. The van der Waals surface area contributed by atoms with Crippen LogP contribution in [-0.4, -0.2) is 37.1 Å². The van der Waals surface area contributed by atoms with Crippen LogP contribution in [0.3, 0.4) is 0 Å². The maximum absolute atomic E-state index is 3.63. The number of rotatable bonds is 7. The summed E-state index contributed by atoms with van der Waals surface area (Å²) in [7, 11) is 0. The molecule has 0 saturated carbocycles. The molecule has 102 valence electrons. The van der Waals surface area contributed by atoms with Crippen LogP contribution in [0.1, 0.15) is 53.9 Å². The molecule has 2 heteroatoms. The Morgan fingerprint density at radius 1 is 1.18 bits per heavy atom. The van der Waals surface area contributed by atoms with Gasteiger partial charge < -0.3 is 10.2 Å². The van der Waals surface area contributed by atoms with E-state index in [1.54, 1.807) is 0 Å². The Morgan fingerprint density at radius 3 is 2.29 bits per heavy atom. The molecule has 0 aromatic carbocycles. The molecule has 0 aliphatic carbocycles. The predicted octanol–water partition coefficient (Wildman–Crippen LogP) is 3.13. The van der Waals surface area contributed by atoms with Crippen molar-refractivity contribution >= 4 is 0 Å².